The zero-order valence-corrected chi connectivity index (χ0v) is 10.2. The van der Waals surface area contributed by atoms with E-state index in [2.05, 4.69) is 4.74 Å². The fourth-order valence-corrected chi connectivity index (χ4v) is 1.52. The van der Waals surface area contributed by atoms with E-state index in [1.807, 2.05) is 0 Å². The van der Waals surface area contributed by atoms with E-state index in [1.165, 1.54) is 7.11 Å². The topological polar surface area (TPSA) is 70.8 Å². The van der Waals surface area contributed by atoms with Gasteiger partial charge in [-0.25, -0.2) is 0 Å². The van der Waals surface area contributed by atoms with Crippen LogP contribution >= 0.6 is 12.4 Å². The van der Waals surface area contributed by atoms with Crippen LogP contribution in [0.25, 0.3) is 0 Å². The highest BCUT2D eigenvalue weighted by atomic mass is 35.5. The number of halogens is 1. The summed E-state index contributed by atoms with van der Waals surface area (Å²) in [5.74, 6) is 0.812. The van der Waals surface area contributed by atoms with Crippen LogP contribution in [0.15, 0.2) is 18.2 Å². The SMILES string of the molecule is COC(=O)[C@H](N)c1ccc2c(c1)OCCO2.Cl. The van der Waals surface area contributed by atoms with Crippen LogP contribution in [0.1, 0.15) is 11.6 Å². The summed E-state index contributed by atoms with van der Waals surface area (Å²) in [6.45, 7) is 1.04. The summed E-state index contributed by atoms with van der Waals surface area (Å²) in [7, 11) is 1.31. The van der Waals surface area contributed by atoms with Crippen LogP contribution in [0, 0.1) is 0 Å². The zero-order valence-electron chi connectivity index (χ0n) is 9.34. The molecule has 17 heavy (non-hydrogen) atoms. The summed E-state index contributed by atoms with van der Waals surface area (Å²) in [6.07, 6.45) is 0. The van der Waals surface area contributed by atoms with Crippen LogP contribution in [0.3, 0.4) is 0 Å². The number of methoxy groups -OCH3 is 1. The summed E-state index contributed by atoms with van der Waals surface area (Å²) >= 11 is 0. The van der Waals surface area contributed by atoms with Crippen LogP contribution in [-0.4, -0.2) is 26.3 Å². The Morgan fingerprint density at radius 1 is 1.35 bits per heavy atom. The molecule has 0 aliphatic carbocycles. The van der Waals surface area contributed by atoms with Gasteiger partial charge in [-0.3, -0.25) is 4.79 Å². The van der Waals surface area contributed by atoms with Crippen LogP contribution in [0.4, 0.5) is 0 Å². The molecule has 2 rings (SSSR count). The van der Waals surface area contributed by atoms with E-state index in [0.717, 1.165) is 0 Å². The van der Waals surface area contributed by atoms with Crippen molar-refractivity contribution in [2.24, 2.45) is 5.73 Å². The summed E-state index contributed by atoms with van der Waals surface area (Å²) in [5.41, 5.74) is 6.36. The minimum Gasteiger partial charge on any atom is -0.486 e. The third kappa shape index (κ3) is 2.81. The fraction of sp³-hybridized carbons (Fsp3) is 0.364. The second-order valence-electron chi connectivity index (χ2n) is 3.40. The third-order valence-corrected chi connectivity index (χ3v) is 2.38. The van der Waals surface area contributed by atoms with Gasteiger partial charge in [-0.15, -0.1) is 12.4 Å². The first-order valence-electron chi connectivity index (χ1n) is 4.95. The molecule has 0 saturated carbocycles. The molecule has 0 bridgehead atoms. The van der Waals surface area contributed by atoms with Gasteiger partial charge in [0, 0.05) is 0 Å². The lowest BCUT2D eigenvalue weighted by atomic mass is 10.1. The van der Waals surface area contributed by atoms with Crippen molar-refractivity contribution < 1.29 is 19.0 Å². The number of fused-ring (bicyclic) bond motifs is 1. The van der Waals surface area contributed by atoms with Crippen molar-refractivity contribution in [1.29, 1.82) is 0 Å². The summed E-state index contributed by atoms with van der Waals surface area (Å²) in [6, 6.07) is 4.39. The standard InChI is InChI=1S/C11H13NO4.ClH/c1-14-11(13)10(12)7-2-3-8-9(6-7)16-5-4-15-8;/h2-3,6,10H,4-5,12H2,1H3;1H/t10-;/m1./s1. The summed E-state index contributed by atoms with van der Waals surface area (Å²) in [4.78, 5) is 11.3. The van der Waals surface area contributed by atoms with Crippen molar-refractivity contribution >= 4 is 18.4 Å². The second-order valence-corrected chi connectivity index (χ2v) is 3.40. The number of carbonyl (C=O) groups is 1. The molecule has 0 aromatic heterocycles. The van der Waals surface area contributed by atoms with E-state index in [-0.39, 0.29) is 12.4 Å². The van der Waals surface area contributed by atoms with Crippen molar-refractivity contribution in [2.75, 3.05) is 20.3 Å². The van der Waals surface area contributed by atoms with Crippen LogP contribution in [-0.2, 0) is 9.53 Å². The Labute approximate surface area is 105 Å². The lowest BCUT2D eigenvalue weighted by molar-refractivity contribution is -0.142. The van der Waals surface area contributed by atoms with E-state index >= 15 is 0 Å². The quantitative estimate of drug-likeness (QED) is 0.804. The van der Waals surface area contributed by atoms with Gasteiger partial charge in [0.25, 0.3) is 0 Å². The Balaban J connectivity index is 0.00000144. The summed E-state index contributed by atoms with van der Waals surface area (Å²) in [5, 5.41) is 0. The van der Waals surface area contributed by atoms with Crippen molar-refractivity contribution in [3.8, 4) is 11.5 Å². The molecule has 1 aliphatic rings. The van der Waals surface area contributed by atoms with Crippen molar-refractivity contribution in [1.82, 2.24) is 0 Å². The minimum atomic E-state index is -0.791. The smallest absolute Gasteiger partial charge is 0.327 e. The second kappa shape index (κ2) is 5.75. The molecule has 1 aromatic carbocycles. The van der Waals surface area contributed by atoms with Gasteiger partial charge < -0.3 is 19.9 Å². The number of hydrogen-bond donors (Lipinski definition) is 1. The number of hydrogen-bond acceptors (Lipinski definition) is 5. The molecule has 1 aromatic rings. The molecule has 5 nitrogen and oxygen atoms in total. The number of benzene rings is 1. The predicted molar refractivity (Wildman–Crippen MR) is 63.6 cm³/mol. The Hall–Kier alpha value is -1.46. The molecule has 0 unspecified atom stereocenters. The lowest BCUT2D eigenvalue weighted by Crippen LogP contribution is -2.23. The van der Waals surface area contributed by atoms with Crippen molar-refractivity contribution in [2.45, 2.75) is 6.04 Å². The molecular formula is C11H14ClNO4. The van der Waals surface area contributed by atoms with Gasteiger partial charge in [-0.2, -0.15) is 0 Å². The van der Waals surface area contributed by atoms with Gasteiger partial charge >= 0.3 is 5.97 Å². The maximum absolute atomic E-state index is 11.3. The van der Waals surface area contributed by atoms with Crippen molar-refractivity contribution in [3.05, 3.63) is 23.8 Å². The molecule has 0 saturated heterocycles. The molecule has 0 fully saturated rings. The number of ether oxygens (including phenoxy) is 3. The van der Waals surface area contributed by atoms with Gasteiger partial charge in [0.2, 0.25) is 0 Å². The molecule has 1 aliphatic heterocycles. The third-order valence-electron chi connectivity index (χ3n) is 2.38. The van der Waals surface area contributed by atoms with Gasteiger partial charge in [-0.1, -0.05) is 6.07 Å². The van der Waals surface area contributed by atoms with Gasteiger partial charge in [0.15, 0.2) is 11.5 Å². The van der Waals surface area contributed by atoms with Crippen LogP contribution < -0.4 is 15.2 Å². The molecular weight excluding hydrogens is 246 g/mol. The first-order chi connectivity index (χ1) is 7.72. The number of rotatable bonds is 2. The van der Waals surface area contributed by atoms with E-state index in [0.29, 0.717) is 30.3 Å². The highest BCUT2D eigenvalue weighted by Gasteiger charge is 2.19. The summed E-state index contributed by atoms with van der Waals surface area (Å²) < 4.78 is 15.3. The highest BCUT2D eigenvalue weighted by molar-refractivity contribution is 5.85. The molecule has 2 N–H and O–H groups in total. The number of esters is 1. The average molecular weight is 260 g/mol. The van der Waals surface area contributed by atoms with E-state index < -0.39 is 12.0 Å². The Bertz CT molecular complexity index is 410. The lowest BCUT2D eigenvalue weighted by Gasteiger charge is -2.19. The number of nitrogens with two attached hydrogens (primary N) is 1. The first-order valence-corrected chi connectivity index (χ1v) is 4.95. The maximum Gasteiger partial charge on any atom is 0.327 e. The molecule has 94 valence electrons. The monoisotopic (exact) mass is 259 g/mol. The first kappa shape index (κ1) is 13.6. The van der Waals surface area contributed by atoms with E-state index in [4.69, 9.17) is 15.2 Å². The fourth-order valence-electron chi connectivity index (χ4n) is 1.52. The van der Waals surface area contributed by atoms with E-state index in [9.17, 15) is 4.79 Å². The molecule has 0 radical (unpaired) electrons. The van der Waals surface area contributed by atoms with E-state index in [1.54, 1.807) is 18.2 Å². The molecule has 0 spiro atoms. The molecule has 1 atom stereocenters. The van der Waals surface area contributed by atoms with Gasteiger partial charge in [0.05, 0.1) is 7.11 Å². The van der Waals surface area contributed by atoms with Crippen LogP contribution in [0.5, 0.6) is 11.5 Å². The maximum atomic E-state index is 11.3. The van der Waals surface area contributed by atoms with Crippen LogP contribution in [0.2, 0.25) is 0 Å². The predicted octanol–water partition coefficient (Wildman–Crippen LogP) is 1.05. The highest BCUT2D eigenvalue weighted by Crippen LogP contribution is 2.32. The largest absolute Gasteiger partial charge is 0.486 e. The minimum absolute atomic E-state index is 0. The molecule has 1 heterocycles. The molecule has 6 heteroatoms. The normalized spacial score (nSPS) is 14.5. The Kier molecular flexibility index (Phi) is 4.60. The average Bonchev–Trinajstić information content (AvgIpc) is 2.36. The van der Waals surface area contributed by atoms with Gasteiger partial charge in [0.1, 0.15) is 19.3 Å². The zero-order chi connectivity index (χ0) is 11.5. The molecule has 0 amide bonds. The Morgan fingerprint density at radius 2 is 2.00 bits per heavy atom. The number of carbonyl (C=O) groups excluding carboxylic acids is 1. The van der Waals surface area contributed by atoms with Crippen molar-refractivity contribution in [3.63, 3.8) is 0 Å². The van der Waals surface area contributed by atoms with Gasteiger partial charge in [-0.05, 0) is 17.7 Å². The Morgan fingerprint density at radius 3 is 2.65 bits per heavy atom.